The molecule has 0 atom stereocenters. The first kappa shape index (κ1) is 13.7. The molecule has 1 amide bonds. The number of primary amides is 1. The van der Waals surface area contributed by atoms with E-state index in [1.54, 1.807) is 30.2 Å². The fourth-order valence-electron chi connectivity index (χ4n) is 1.87. The molecule has 3 N–H and O–H groups in total. The molecule has 0 fully saturated rings. The van der Waals surface area contributed by atoms with Crippen molar-refractivity contribution in [1.29, 1.82) is 0 Å². The molecule has 0 radical (unpaired) electrons. The van der Waals surface area contributed by atoms with Gasteiger partial charge in [0.25, 0.3) is 5.89 Å². The van der Waals surface area contributed by atoms with Crippen molar-refractivity contribution in [3.05, 3.63) is 36.2 Å². The second-order valence-electron chi connectivity index (χ2n) is 4.59. The number of aryl methyl sites for hydroxylation is 2. The van der Waals surface area contributed by atoms with Gasteiger partial charge in [0.05, 0.1) is 6.20 Å². The summed E-state index contributed by atoms with van der Waals surface area (Å²) in [6, 6.07) is 1.80. The summed E-state index contributed by atoms with van der Waals surface area (Å²) in [5, 5.41) is 7.10. The van der Waals surface area contributed by atoms with Crippen LogP contribution in [0.15, 0.2) is 29.1 Å². The van der Waals surface area contributed by atoms with Crippen molar-refractivity contribution in [3.63, 3.8) is 0 Å². The Morgan fingerprint density at radius 2 is 2.23 bits per heavy atom. The first-order valence-corrected chi connectivity index (χ1v) is 6.39. The van der Waals surface area contributed by atoms with Crippen molar-refractivity contribution < 1.29 is 9.21 Å². The highest BCUT2D eigenvalue weighted by molar-refractivity contribution is 5.88. The number of carbonyl (C=O) groups excluding carboxylic acids is 1. The number of carbonyl (C=O) groups is 1. The van der Waals surface area contributed by atoms with Gasteiger partial charge in [0.15, 0.2) is 0 Å². The van der Waals surface area contributed by atoms with Gasteiger partial charge in [0, 0.05) is 19.3 Å². The fourth-order valence-corrected chi connectivity index (χ4v) is 1.87. The molecule has 0 saturated heterocycles. The van der Waals surface area contributed by atoms with Crippen LogP contribution >= 0.6 is 0 Å². The monoisotopic (exact) mass is 299 g/mol. The van der Waals surface area contributed by atoms with Gasteiger partial charge in [0.2, 0.25) is 5.95 Å². The Hall–Kier alpha value is -3.23. The lowest BCUT2D eigenvalue weighted by Gasteiger charge is -2.07. The molecule has 0 aliphatic rings. The van der Waals surface area contributed by atoms with Gasteiger partial charge < -0.3 is 15.5 Å². The number of nitrogens with zero attached hydrogens (tertiary/aromatic N) is 5. The van der Waals surface area contributed by atoms with Gasteiger partial charge in [-0.1, -0.05) is 0 Å². The van der Waals surface area contributed by atoms with Gasteiger partial charge in [-0.05, 0) is 12.5 Å². The number of anilines is 2. The van der Waals surface area contributed by atoms with E-state index in [4.69, 9.17) is 10.2 Å². The summed E-state index contributed by atoms with van der Waals surface area (Å²) >= 11 is 0. The molecule has 0 bridgehead atoms. The van der Waals surface area contributed by atoms with Crippen LogP contribution in [-0.4, -0.2) is 30.6 Å². The van der Waals surface area contributed by atoms with E-state index in [9.17, 15) is 4.79 Å². The topological polar surface area (TPSA) is 125 Å². The molecule has 9 heteroatoms. The maximum absolute atomic E-state index is 11.1. The number of oxazole rings is 1. The van der Waals surface area contributed by atoms with Crippen LogP contribution in [0.1, 0.15) is 16.2 Å². The summed E-state index contributed by atoms with van der Waals surface area (Å²) in [7, 11) is 1.80. The number of amides is 1. The first-order chi connectivity index (χ1) is 10.5. The zero-order valence-corrected chi connectivity index (χ0v) is 11.9. The molecule has 0 unspecified atom stereocenters. The minimum absolute atomic E-state index is 0.158. The highest BCUT2D eigenvalue weighted by Crippen LogP contribution is 2.22. The number of aromatic nitrogens is 5. The van der Waals surface area contributed by atoms with Gasteiger partial charge in [0.1, 0.15) is 23.5 Å². The smallest absolute Gasteiger partial charge is 0.304 e. The fraction of sp³-hybridized carbons (Fsp3) is 0.154. The van der Waals surface area contributed by atoms with Gasteiger partial charge in [-0.25, -0.2) is 15.0 Å². The molecule has 0 aromatic carbocycles. The van der Waals surface area contributed by atoms with E-state index in [1.807, 2.05) is 6.92 Å². The van der Waals surface area contributed by atoms with E-state index in [0.717, 1.165) is 11.4 Å². The van der Waals surface area contributed by atoms with Crippen molar-refractivity contribution in [1.82, 2.24) is 24.7 Å². The molecule has 0 aliphatic heterocycles. The quantitative estimate of drug-likeness (QED) is 0.736. The van der Waals surface area contributed by atoms with Crippen LogP contribution in [0, 0.1) is 6.92 Å². The van der Waals surface area contributed by atoms with Crippen LogP contribution < -0.4 is 11.1 Å². The van der Waals surface area contributed by atoms with Crippen LogP contribution in [-0.2, 0) is 7.05 Å². The van der Waals surface area contributed by atoms with E-state index in [2.05, 4.69) is 25.4 Å². The van der Waals surface area contributed by atoms with E-state index >= 15 is 0 Å². The number of hydrogen-bond donors (Lipinski definition) is 2. The predicted molar refractivity (Wildman–Crippen MR) is 77.3 cm³/mol. The number of nitrogens with two attached hydrogens (primary N) is 1. The molecule has 0 aliphatic carbocycles. The van der Waals surface area contributed by atoms with Crippen molar-refractivity contribution in [2.75, 3.05) is 5.32 Å². The molecule has 3 heterocycles. The van der Waals surface area contributed by atoms with Crippen LogP contribution in [0.25, 0.3) is 11.4 Å². The third-order valence-electron chi connectivity index (χ3n) is 2.99. The average molecular weight is 299 g/mol. The van der Waals surface area contributed by atoms with E-state index in [1.165, 1.54) is 6.26 Å². The second-order valence-corrected chi connectivity index (χ2v) is 4.59. The lowest BCUT2D eigenvalue weighted by Crippen LogP contribution is -2.11. The maximum atomic E-state index is 11.1. The summed E-state index contributed by atoms with van der Waals surface area (Å²) in [5.41, 5.74) is 6.89. The van der Waals surface area contributed by atoms with E-state index < -0.39 is 5.91 Å². The molecule has 0 spiro atoms. The lowest BCUT2D eigenvalue weighted by molar-refractivity contribution is 0.0967. The SMILES string of the molecule is Cc1cnc(Nc2ccnn2C)nc1-c1coc(C(N)=O)n1. The molecule has 0 saturated carbocycles. The average Bonchev–Trinajstić information content (AvgIpc) is 3.11. The minimum Gasteiger partial charge on any atom is -0.440 e. The number of hydrogen-bond acceptors (Lipinski definition) is 7. The summed E-state index contributed by atoms with van der Waals surface area (Å²) in [5.74, 6) is 0.237. The van der Waals surface area contributed by atoms with Gasteiger partial charge >= 0.3 is 5.91 Å². The molecular weight excluding hydrogens is 286 g/mol. The zero-order chi connectivity index (χ0) is 15.7. The Labute approximate surface area is 125 Å². The Balaban J connectivity index is 1.95. The largest absolute Gasteiger partial charge is 0.440 e. The Kier molecular flexibility index (Phi) is 3.30. The van der Waals surface area contributed by atoms with Crippen LogP contribution in [0.4, 0.5) is 11.8 Å². The molecule has 3 aromatic heterocycles. The minimum atomic E-state index is -0.730. The Morgan fingerprint density at radius 3 is 2.86 bits per heavy atom. The highest BCUT2D eigenvalue weighted by atomic mass is 16.3. The highest BCUT2D eigenvalue weighted by Gasteiger charge is 2.15. The van der Waals surface area contributed by atoms with Crippen molar-refractivity contribution >= 4 is 17.7 Å². The standard InChI is InChI=1S/C13H13N7O2/c1-7-5-15-13(18-9-3-4-16-20(9)2)19-10(7)8-6-22-12(17-8)11(14)21/h3-6H,1-2H3,(H2,14,21)(H,15,18,19). The normalized spacial score (nSPS) is 10.6. The van der Waals surface area contributed by atoms with Crippen molar-refractivity contribution in [2.24, 2.45) is 12.8 Å². The zero-order valence-electron chi connectivity index (χ0n) is 11.9. The molecule has 3 rings (SSSR count). The summed E-state index contributed by atoms with van der Waals surface area (Å²) in [4.78, 5) is 23.7. The molecule has 9 nitrogen and oxygen atoms in total. The molecule has 112 valence electrons. The van der Waals surface area contributed by atoms with E-state index in [-0.39, 0.29) is 5.89 Å². The summed E-state index contributed by atoms with van der Waals surface area (Å²) in [6.07, 6.45) is 4.65. The van der Waals surface area contributed by atoms with Crippen LogP contribution in [0.2, 0.25) is 0 Å². The first-order valence-electron chi connectivity index (χ1n) is 6.39. The third kappa shape index (κ3) is 2.51. The van der Waals surface area contributed by atoms with E-state index in [0.29, 0.717) is 17.3 Å². The van der Waals surface area contributed by atoms with Gasteiger partial charge in [-0.15, -0.1) is 0 Å². The lowest BCUT2D eigenvalue weighted by atomic mass is 10.2. The number of nitrogens with one attached hydrogen (secondary N) is 1. The number of rotatable bonds is 4. The Morgan fingerprint density at radius 1 is 1.41 bits per heavy atom. The van der Waals surface area contributed by atoms with Crippen LogP contribution in [0.5, 0.6) is 0 Å². The molecule has 22 heavy (non-hydrogen) atoms. The summed E-state index contributed by atoms with van der Waals surface area (Å²) in [6.45, 7) is 1.84. The second kappa shape index (κ2) is 5.28. The van der Waals surface area contributed by atoms with Gasteiger partial charge in [-0.3, -0.25) is 9.48 Å². The molecule has 3 aromatic rings. The van der Waals surface area contributed by atoms with Gasteiger partial charge in [-0.2, -0.15) is 5.10 Å². The molecular formula is C13H13N7O2. The van der Waals surface area contributed by atoms with Crippen molar-refractivity contribution in [3.8, 4) is 11.4 Å². The van der Waals surface area contributed by atoms with Crippen molar-refractivity contribution in [2.45, 2.75) is 6.92 Å². The third-order valence-corrected chi connectivity index (χ3v) is 2.99. The van der Waals surface area contributed by atoms with Crippen LogP contribution in [0.3, 0.4) is 0 Å². The Bertz CT molecular complexity index is 837. The maximum Gasteiger partial charge on any atom is 0.304 e. The predicted octanol–water partition coefficient (Wildman–Crippen LogP) is 1.02. The summed E-state index contributed by atoms with van der Waals surface area (Å²) < 4.78 is 6.68.